The molecule has 5 heteroatoms. The van der Waals surface area contributed by atoms with E-state index in [1.807, 2.05) is 24.3 Å². The molecule has 3 fully saturated rings. The van der Waals surface area contributed by atoms with Gasteiger partial charge in [0.15, 0.2) is 0 Å². The first-order chi connectivity index (χ1) is 15.1. The van der Waals surface area contributed by atoms with Gasteiger partial charge in [0.05, 0.1) is 12.3 Å². The number of para-hydroxylation sites is 1. The van der Waals surface area contributed by atoms with Crippen LogP contribution in [0.15, 0.2) is 60.7 Å². The number of hydrogen-bond acceptors (Lipinski definition) is 4. The second-order valence-corrected chi connectivity index (χ2v) is 9.52. The summed E-state index contributed by atoms with van der Waals surface area (Å²) in [5.41, 5.74) is 1.15. The maximum atomic E-state index is 13.0. The van der Waals surface area contributed by atoms with Crippen molar-refractivity contribution in [2.75, 3.05) is 24.7 Å². The highest BCUT2D eigenvalue weighted by Gasteiger charge is 2.52. The minimum Gasteiger partial charge on any atom is -0.388 e. The molecule has 2 aliphatic heterocycles. The van der Waals surface area contributed by atoms with E-state index in [0.717, 1.165) is 50.9 Å². The lowest BCUT2D eigenvalue weighted by Crippen LogP contribution is -2.62. The Bertz CT molecular complexity index is 895. The Balaban J connectivity index is 1.33. The average Bonchev–Trinajstić information content (AvgIpc) is 3.11. The molecule has 31 heavy (non-hydrogen) atoms. The molecular weight excluding hydrogens is 386 g/mol. The van der Waals surface area contributed by atoms with Gasteiger partial charge in [0, 0.05) is 31.2 Å². The number of nitrogens with one attached hydrogen (secondary N) is 1. The van der Waals surface area contributed by atoms with Crippen molar-refractivity contribution in [1.29, 1.82) is 0 Å². The van der Waals surface area contributed by atoms with Crippen molar-refractivity contribution in [2.45, 2.75) is 62.1 Å². The van der Waals surface area contributed by atoms with Crippen molar-refractivity contribution in [3.8, 4) is 0 Å². The van der Waals surface area contributed by atoms with Gasteiger partial charge in [0.2, 0.25) is 5.91 Å². The van der Waals surface area contributed by atoms with Crippen LogP contribution in [-0.4, -0.2) is 52.9 Å². The zero-order valence-corrected chi connectivity index (χ0v) is 18.2. The monoisotopic (exact) mass is 419 g/mol. The number of carbonyl (C=O) groups is 1. The van der Waals surface area contributed by atoms with Crippen LogP contribution >= 0.6 is 0 Å². The summed E-state index contributed by atoms with van der Waals surface area (Å²) in [6.07, 6.45) is 6.44. The zero-order chi connectivity index (χ0) is 21.3. The summed E-state index contributed by atoms with van der Waals surface area (Å²) >= 11 is 0. The summed E-state index contributed by atoms with van der Waals surface area (Å²) in [5, 5.41) is 14.8. The van der Waals surface area contributed by atoms with Crippen LogP contribution in [0.25, 0.3) is 0 Å². The van der Waals surface area contributed by atoms with E-state index < -0.39 is 11.1 Å². The topological polar surface area (TPSA) is 55.8 Å². The number of carbonyl (C=O) groups excluding carboxylic acids is 1. The minimum atomic E-state index is -0.693. The lowest BCUT2D eigenvalue weighted by atomic mass is 9.74. The Hall–Kier alpha value is -2.37. The summed E-state index contributed by atoms with van der Waals surface area (Å²) < 4.78 is 0. The summed E-state index contributed by atoms with van der Waals surface area (Å²) in [5.74, 6) is 0.152. The molecule has 2 aromatic carbocycles. The molecule has 5 nitrogen and oxygen atoms in total. The molecule has 2 aromatic rings. The largest absolute Gasteiger partial charge is 0.388 e. The van der Waals surface area contributed by atoms with E-state index in [1.54, 1.807) is 0 Å². The van der Waals surface area contributed by atoms with E-state index in [9.17, 15) is 9.90 Å². The Kier molecular flexibility index (Phi) is 5.49. The van der Waals surface area contributed by atoms with Crippen molar-refractivity contribution in [1.82, 2.24) is 10.2 Å². The molecule has 3 aliphatic rings. The van der Waals surface area contributed by atoms with Crippen LogP contribution in [0.5, 0.6) is 0 Å². The molecular formula is C26H33N3O2. The number of rotatable bonds is 4. The van der Waals surface area contributed by atoms with Crippen molar-refractivity contribution in [3.05, 3.63) is 66.2 Å². The van der Waals surface area contributed by atoms with Gasteiger partial charge >= 0.3 is 0 Å². The van der Waals surface area contributed by atoms with Gasteiger partial charge in [-0.2, -0.15) is 0 Å². The number of benzene rings is 2. The van der Waals surface area contributed by atoms with Crippen molar-refractivity contribution >= 4 is 11.6 Å². The number of piperidine rings is 1. The molecule has 164 valence electrons. The molecule has 5 rings (SSSR count). The summed E-state index contributed by atoms with van der Waals surface area (Å²) in [6, 6.07) is 20.8. The molecule has 1 spiro atoms. The van der Waals surface area contributed by atoms with Crippen molar-refractivity contribution in [2.24, 2.45) is 0 Å². The first kappa shape index (κ1) is 20.5. The number of aliphatic hydroxyl groups is 1. The second kappa shape index (κ2) is 8.29. The predicted molar refractivity (Wildman–Crippen MR) is 123 cm³/mol. The molecule has 2 saturated heterocycles. The summed E-state index contributed by atoms with van der Waals surface area (Å²) in [6.45, 7) is 2.27. The van der Waals surface area contributed by atoms with Gasteiger partial charge in [-0.3, -0.25) is 9.69 Å². The predicted octanol–water partition coefficient (Wildman–Crippen LogP) is 3.33. The number of likely N-dealkylation sites (tertiary alicyclic amines) is 1. The van der Waals surface area contributed by atoms with Gasteiger partial charge < -0.3 is 15.3 Å². The normalized spacial score (nSPS) is 28.6. The maximum Gasteiger partial charge on any atom is 0.247 e. The molecule has 0 aromatic heterocycles. The van der Waals surface area contributed by atoms with Crippen LogP contribution in [-0.2, 0) is 11.2 Å². The van der Waals surface area contributed by atoms with Crippen LogP contribution in [0.1, 0.15) is 44.1 Å². The molecule has 2 heterocycles. The lowest BCUT2D eigenvalue weighted by Gasteiger charge is -2.51. The van der Waals surface area contributed by atoms with E-state index in [4.69, 9.17) is 0 Å². The van der Waals surface area contributed by atoms with E-state index in [1.165, 1.54) is 12.0 Å². The second-order valence-electron chi connectivity index (χ2n) is 9.52. The molecule has 2 N–H and O–H groups in total. The van der Waals surface area contributed by atoms with E-state index in [-0.39, 0.29) is 11.9 Å². The number of nitrogens with zero attached hydrogens (tertiary/aromatic N) is 2. The summed E-state index contributed by atoms with van der Waals surface area (Å²) in [7, 11) is 0. The third kappa shape index (κ3) is 3.74. The first-order valence-corrected chi connectivity index (χ1v) is 11.7. The van der Waals surface area contributed by atoms with Gasteiger partial charge in [-0.25, -0.2) is 0 Å². The number of amides is 1. The quantitative estimate of drug-likeness (QED) is 0.798. The van der Waals surface area contributed by atoms with Crippen molar-refractivity contribution < 1.29 is 9.90 Å². The summed E-state index contributed by atoms with van der Waals surface area (Å²) in [4.78, 5) is 17.7. The first-order valence-electron chi connectivity index (χ1n) is 11.7. The van der Waals surface area contributed by atoms with Crippen LogP contribution in [0, 0.1) is 0 Å². The molecule has 1 aliphatic carbocycles. The van der Waals surface area contributed by atoms with Gasteiger partial charge in [-0.1, -0.05) is 61.4 Å². The maximum absolute atomic E-state index is 13.0. The molecule has 0 bridgehead atoms. The van der Waals surface area contributed by atoms with Crippen LogP contribution in [0.2, 0.25) is 0 Å². The van der Waals surface area contributed by atoms with E-state index >= 15 is 0 Å². The van der Waals surface area contributed by atoms with Crippen molar-refractivity contribution in [3.63, 3.8) is 0 Å². The molecule has 1 saturated carbocycles. The van der Waals surface area contributed by atoms with Gasteiger partial charge in [0.25, 0.3) is 0 Å². The highest BCUT2D eigenvalue weighted by atomic mass is 16.3. The van der Waals surface area contributed by atoms with Gasteiger partial charge in [-0.05, 0) is 43.4 Å². The number of hydrogen-bond donors (Lipinski definition) is 2. The highest BCUT2D eigenvalue weighted by molar-refractivity contribution is 5.93. The third-order valence-electron chi connectivity index (χ3n) is 7.78. The standard InChI is InChI=1S/C26H33N3O2/c30-24-25(29(20-27-24)22-11-5-2-6-12-22)15-17-28(18-16-25)23-13-7-8-14-26(23,31)19-21-9-3-1-4-10-21/h1-6,9-12,23,31H,7-8,13-20H2,(H,27,30)/t23-,26-/m1/s1. The Labute approximate surface area is 185 Å². The molecule has 1 amide bonds. The van der Waals surface area contributed by atoms with Crippen LogP contribution < -0.4 is 10.2 Å². The number of anilines is 1. The fraction of sp³-hybridized carbons (Fsp3) is 0.500. The SMILES string of the molecule is O=C1NCN(c2ccccc2)C12CCN([C@@H]1CCCC[C@@]1(O)Cc1ccccc1)CC2. The lowest BCUT2D eigenvalue weighted by molar-refractivity contribution is -0.126. The van der Waals surface area contributed by atoms with Gasteiger partial charge in [-0.15, -0.1) is 0 Å². The van der Waals surface area contributed by atoms with Crippen LogP contribution in [0.4, 0.5) is 5.69 Å². The highest BCUT2D eigenvalue weighted by Crippen LogP contribution is 2.40. The van der Waals surface area contributed by atoms with E-state index in [0.29, 0.717) is 13.1 Å². The fourth-order valence-corrected chi connectivity index (χ4v) is 6.12. The third-order valence-corrected chi connectivity index (χ3v) is 7.78. The molecule has 2 atom stereocenters. The fourth-order valence-electron chi connectivity index (χ4n) is 6.12. The molecule has 0 radical (unpaired) electrons. The Morgan fingerprint density at radius 2 is 1.61 bits per heavy atom. The smallest absolute Gasteiger partial charge is 0.247 e. The van der Waals surface area contributed by atoms with Crippen LogP contribution in [0.3, 0.4) is 0 Å². The Morgan fingerprint density at radius 3 is 2.32 bits per heavy atom. The Morgan fingerprint density at radius 1 is 0.935 bits per heavy atom. The van der Waals surface area contributed by atoms with Gasteiger partial charge in [0.1, 0.15) is 5.54 Å². The average molecular weight is 420 g/mol. The zero-order valence-electron chi connectivity index (χ0n) is 18.2. The minimum absolute atomic E-state index is 0.152. The molecule has 0 unspecified atom stereocenters. The van der Waals surface area contributed by atoms with E-state index in [2.05, 4.69) is 51.5 Å².